The molecule has 1 aromatic carbocycles. The van der Waals surface area contributed by atoms with Gasteiger partial charge in [-0.2, -0.15) is 17.5 Å². The monoisotopic (exact) mass is 470 g/mol. The van der Waals surface area contributed by atoms with E-state index in [9.17, 15) is 21.6 Å². The number of nitrogens with zero attached hydrogens (tertiary/aromatic N) is 4. The lowest BCUT2D eigenvalue weighted by atomic mass is 9.99. The molecule has 3 aromatic rings. The minimum Gasteiger partial charge on any atom is -0.286 e. The van der Waals surface area contributed by atoms with Crippen molar-refractivity contribution < 1.29 is 21.6 Å². The summed E-state index contributed by atoms with van der Waals surface area (Å²) in [6, 6.07) is 8.94. The van der Waals surface area contributed by atoms with Gasteiger partial charge in [0.15, 0.2) is 5.65 Å². The van der Waals surface area contributed by atoms with Gasteiger partial charge in [-0.3, -0.25) is 4.40 Å². The predicted octanol–water partition coefficient (Wildman–Crippen LogP) is 4.58. The molecule has 1 aliphatic rings. The number of alkyl halides is 3. The maximum Gasteiger partial charge on any atom is 0.417 e. The topological polar surface area (TPSA) is 67.6 Å². The Kier molecular flexibility index (Phi) is 5.80. The molecule has 1 fully saturated rings. The number of fused-ring (bicyclic) bond motifs is 1. The van der Waals surface area contributed by atoms with Gasteiger partial charge < -0.3 is 0 Å². The summed E-state index contributed by atoms with van der Waals surface area (Å²) in [4.78, 5) is 0. The number of rotatable bonds is 4. The Hall–Kier alpha value is -2.43. The van der Waals surface area contributed by atoms with Gasteiger partial charge >= 0.3 is 6.18 Å². The van der Waals surface area contributed by atoms with Crippen LogP contribution in [0.15, 0.2) is 48.0 Å². The van der Waals surface area contributed by atoms with Crippen LogP contribution in [0, 0.1) is 0 Å². The highest BCUT2D eigenvalue weighted by Crippen LogP contribution is 2.32. The maximum atomic E-state index is 13.1. The standard InChI is InChI=1S/C20H18ClF3N4O2S/c21-17-6-3-14(4-7-17)9-11-31(29,30)27-10-1-2-15(12-27)19-26-25-18-8-5-16(13-28(18)19)20(22,23)24/h3-9,11,13,15H,1-2,10,12H2/b11-9+. The molecule has 4 rings (SSSR count). The van der Waals surface area contributed by atoms with E-state index in [-0.39, 0.29) is 18.1 Å². The number of pyridine rings is 1. The van der Waals surface area contributed by atoms with Crippen LogP contribution < -0.4 is 0 Å². The first-order valence-electron chi connectivity index (χ1n) is 9.49. The third kappa shape index (κ3) is 4.76. The summed E-state index contributed by atoms with van der Waals surface area (Å²) < 4.78 is 67.6. The van der Waals surface area contributed by atoms with Crippen molar-refractivity contribution in [3.05, 3.63) is 70.0 Å². The summed E-state index contributed by atoms with van der Waals surface area (Å²) in [7, 11) is -3.72. The largest absolute Gasteiger partial charge is 0.417 e. The first-order chi connectivity index (χ1) is 14.6. The van der Waals surface area contributed by atoms with Crippen LogP contribution in [-0.4, -0.2) is 40.4 Å². The lowest BCUT2D eigenvalue weighted by Gasteiger charge is -2.30. The Balaban J connectivity index is 1.57. The number of benzene rings is 1. The molecule has 6 nitrogen and oxygen atoms in total. The molecule has 1 atom stereocenters. The van der Waals surface area contributed by atoms with Crippen molar-refractivity contribution in [3.63, 3.8) is 0 Å². The van der Waals surface area contributed by atoms with Crippen LogP contribution in [0.1, 0.15) is 35.7 Å². The van der Waals surface area contributed by atoms with Crippen molar-refractivity contribution in [2.45, 2.75) is 24.9 Å². The number of aromatic nitrogens is 3. The van der Waals surface area contributed by atoms with Crippen LogP contribution in [0.4, 0.5) is 13.2 Å². The van der Waals surface area contributed by atoms with Gasteiger partial charge in [-0.05, 0) is 48.7 Å². The fourth-order valence-corrected chi connectivity index (χ4v) is 4.96. The van der Waals surface area contributed by atoms with Gasteiger partial charge in [-0.1, -0.05) is 23.7 Å². The molecule has 0 saturated carbocycles. The van der Waals surface area contributed by atoms with Crippen molar-refractivity contribution in [3.8, 4) is 0 Å². The lowest BCUT2D eigenvalue weighted by molar-refractivity contribution is -0.137. The molecule has 31 heavy (non-hydrogen) atoms. The third-order valence-corrected chi connectivity index (χ3v) is 6.95. The quantitative estimate of drug-likeness (QED) is 0.559. The molecule has 1 unspecified atom stereocenters. The third-order valence-electron chi connectivity index (χ3n) is 5.17. The van der Waals surface area contributed by atoms with Crippen LogP contribution in [-0.2, 0) is 16.2 Å². The van der Waals surface area contributed by atoms with Crippen molar-refractivity contribution in [2.75, 3.05) is 13.1 Å². The fraction of sp³-hybridized carbons (Fsp3) is 0.300. The normalized spacial score (nSPS) is 18.8. The number of piperidine rings is 1. The van der Waals surface area contributed by atoms with Gasteiger partial charge in [-0.25, -0.2) is 8.42 Å². The lowest BCUT2D eigenvalue weighted by Crippen LogP contribution is -2.38. The summed E-state index contributed by atoms with van der Waals surface area (Å²) in [5.41, 5.74) is 0.155. The zero-order valence-corrected chi connectivity index (χ0v) is 17.7. The van der Waals surface area contributed by atoms with Crippen LogP contribution in [0.25, 0.3) is 11.7 Å². The molecule has 0 N–H and O–H groups in total. The van der Waals surface area contributed by atoms with E-state index < -0.39 is 21.8 Å². The SMILES string of the molecule is O=S(=O)(/C=C/c1ccc(Cl)cc1)N1CCCC(c2nnc3ccc(C(F)(F)F)cn23)C1. The summed E-state index contributed by atoms with van der Waals surface area (Å²) >= 11 is 5.84. The van der Waals surface area contributed by atoms with Crippen molar-refractivity contribution in [2.24, 2.45) is 0 Å². The summed E-state index contributed by atoms with van der Waals surface area (Å²) in [5.74, 6) is -0.0476. The second-order valence-electron chi connectivity index (χ2n) is 7.30. The molecule has 0 amide bonds. The van der Waals surface area contributed by atoms with Gasteiger partial charge in [-0.15, -0.1) is 10.2 Å². The second kappa shape index (κ2) is 8.25. The highest BCUT2D eigenvalue weighted by atomic mass is 35.5. The van der Waals surface area contributed by atoms with E-state index in [2.05, 4.69) is 10.2 Å². The van der Waals surface area contributed by atoms with E-state index in [1.54, 1.807) is 24.3 Å². The van der Waals surface area contributed by atoms with Gasteiger partial charge in [0.2, 0.25) is 10.0 Å². The molecule has 164 valence electrons. The van der Waals surface area contributed by atoms with Gasteiger partial charge in [0.1, 0.15) is 5.82 Å². The molecule has 0 radical (unpaired) electrons. The smallest absolute Gasteiger partial charge is 0.286 e. The Morgan fingerprint density at radius 3 is 2.55 bits per heavy atom. The highest BCUT2D eigenvalue weighted by Gasteiger charge is 2.33. The van der Waals surface area contributed by atoms with Crippen LogP contribution in [0.3, 0.4) is 0 Å². The van der Waals surface area contributed by atoms with E-state index in [4.69, 9.17) is 11.6 Å². The van der Waals surface area contributed by atoms with Crippen LogP contribution >= 0.6 is 11.6 Å². The van der Waals surface area contributed by atoms with Crippen molar-refractivity contribution in [1.82, 2.24) is 18.9 Å². The zero-order valence-electron chi connectivity index (χ0n) is 16.1. The molecule has 0 aliphatic carbocycles. The molecule has 0 bridgehead atoms. The summed E-state index contributed by atoms with van der Waals surface area (Å²) in [5, 5.41) is 9.67. The van der Waals surface area contributed by atoms with Crippen LogP contribution in [0.2, 0.25) is 5.02 Å². The molecular weight excluding hydrogens is 453 g/mol. The van der Waals surface area contributed by atoms with E-state index in [1.165, 1.54) is 20.8 Å². The first-order valence-corrected chi connectivity index (χ1v) is 11.4. The van der Waals surface area contributed by atoms with E-state index in [1.807, 2.05) is 0 Å². The highest BCUT2D eigenvalue weighted by molar-refractivity contribution is 7.92. The minimum atomic E-state index is -4.50. The number of sulfonamides is 1. The number of hydrogen-bond donors (Lipinski definition) is 0. The summed E-state index contributed by atoms with van der Waals surface area (Å²) in [6.45, 7) is 0.443. The molecule has 2 aromatic heterocycles. The molecule has 11 heteroatoms. The van der Waals surface area contributed by atoms with E-state index >= 15 is 0 Å². The van der Waals surface area contributed by atoms with Crippen molar-refractivity contribution >= 4 is 33.3 Å². The molecule has 1 aliphatic heterocycles. The first kappa shape index (κ1) is 21.8. The van der Waals surface area contributed by atoms with Gasteiger partial charge in [0.25, 0.3) is 0 Å². The van der Waals surface area contributed by atoms with Crippen LogP contribution in [0.5, 0.6) is 0 Å². The molecule has 0 spiro atoms. The summed E-state index contributed by atoms with van der Waals surface area (Å²) in [6.07, 6.45) is -0.892. The van der Waals surface area contributed by atoms with Gasteiger partial charge in [0.05, 0.1) is 5.56 Å². The second-order valence-corrected chi connectivity index (χ2v) is 9.55. The van der Waals surface area contributed by atoms with E-state index in [0.717, 1.165) is 17.7 Å². The minimum absolute atomic E-state index is 0.115. The molecular formula is C20H18ClF3N4O2S. The Bertz CT molecular complexity index is 1220. The Morgan fingerprint density at radius 2 is 1.84 bits per heavy atom. The predicted molar refractivity (Wildman–Crippen MR) is 111 cm³/mol. The molecule has 1 saturated heterocycles. The average molecular weight is 471 g/mol. The zero-order chi connectivity index (χ0) is 22.2. The Labute approximate surface area is 182 Å². The average Bonchev–Trinajstić information content (AvgIpc) is 3.16. The number of hydrogen-bond acceptors (Lipinski definition) is 4. The fourth-order valence-electron chi connectivity index (χ4n) is 3.56. The Morgan fingerprint density at radius 1 is 1.10 bits per heavy atom. The maximum absolute atomic E-state index is 13.1. The van der Waals surface area contributed by atoms with Gasteiger partial charge in [0, 0.05) is 35.6 Å². The number of halogens is 4. The van der Waals surface area contributed by atoms with Crippen molar-refractivity contribution in [1.29, 1.82) is 0 Å². The molecule has 3 heterocycles. The van der Waals surface area contributed by atoms with E-state index in [0.29, 0.717) is 35.8 Å².